The summed E-state index contributed by atoms with van der Waals surface area (Å²) in [6.45, 7) is 14.7. The SMILES string of the molecule is CC1SCCN(CC2CCC(CNC(C)(C)C)O2)C1C. The van der Waals surface area contributed by atoms with Gasteiger partial charge in [0.15, 0.2) is 0 Å². The normalized spacial score (nSPS) is 36.5. The molecule has 0 bridgehead atoms. The first-order valence-electron chi connectivity index (χ1n) is 8.11. The maximum atomic E-state index is 6.23. The van der Waals surface area contributed by atoms with E-state index in [2.05, 4.69) is 56.6 Å². The van der Waals surface area contributed by atoms with E-state index in [4.69, 9.17) is 4.74 Å². The van der Waals surface area contributed by atoms with Gasteiger partial charge in [0.2, 0.25) is 0 Å². The Balaban J connectivity index is 1.73. The minimum absolute atomic E-state index is 0.190. The fraction of sp³-hybridized carbons (Fsp3) is 1.00. The molecule has 2 aliphatic rings. The van der Waals surface area contributed by atoms with Crippen LogP contribution in [0.3, 0.4) is 0 Å². The van der Waals surface area contributed by atoms with Gasteiger partial charge in [0.1, 0.15) is 0 Å². The third-order valence-electron chi connectivity index (χ3n) is 4.51. The molecule has 4 heteroatoms. The lowest BCUT2D eigenvalue weighted by Gasteiger charge is -2.38. The average molecular weight is 301 g/mol. The summed E-state index contributed by atoms with van der Waals surface area (Å²) in [4.78, 5) is 2.63. The Bertz CT molecular complexity index is 305. The molecule has 0 spiro atoms. The first-order chi connectivity index (χ1) is 9.35. The largest absolute Gasteiger partial charge is 0.372 e. The van der Waals surface area contributed by atoms with E-state index in [1.54, 1.807) is 0 Å². The molecule has 0 aromatic rings. The molecule has 0 aromatic carbocycles. The molecular formula is C16H32N2OS. The van der Waals surface area contributed by atoms with E-state index in [9.17, 15) is 0 Å². The fourth-order valence-electron chi connectivity index (χ4n) is 3.00. The quantitative estimate of drug-likeness (QED) is 0.863. The van der Waals surface area contributed by atoms with Crippen molar-refractivity contribution in [1.82, 2.24) is 10.2 Å². The first-order valence-corrected chi connectivity index (χ1v) is 9.16. The molecular weight excluding hydrogens is 268 g/mol. The summed E-state index contributed by atoms with van der Waals surface area (Å²) in [6.07, 6.45) is 3.28. The predicted molar refractivity (Wildman–Crippen MR) is 88.6 cm³/mol. The van der Waals surface area contributed by atoms with Gasteiger partial charge in [-0.15, -0.1) is 0 Å². The number of thioether (sulfide) groups is 1. The highest BCUT2D eigenvalue weighted by molar-refractivity contribution is 8.00. The Hall–Kier alpha value is 0.230. The zero-order chi connectivity index (χ0) is 14.8. The van der Waals surface area contributed by atoms with Crippen LogP contribution < -0.4 is 5.32 Å². The summed E-state index contributed by atoms with van der Waals surface area (Å²) in [7, 11) is 0. The minimum atomic E-state index is 0.190. The number of hydrogen-bond donors (Lipinski definition) is 1. The van der Waals surface area contributed by atoms with Crippen molar-refractivity contribution in [2.45, 2.75) is 76.5 Å². The van der Waals surface area contributed by atoms with Crippen molar-refractivity contribution < 1.29 is 4.74 Å². The minimum Gasteiger partial charge on any atom is -0.372 e. The Morgan fingerprint density at radius 3 is 2.60 bits per heavy atom. The third kappa shape index (κ3) is 4.90. The van der Waals surface area contributed by atoms with Gasteiger partial charge in [-0.3, -0.25) is 4.90 Å². The van der Waals surface area contributed by atoms with Gasteiger partial charge in [-0.2, -0.15) is 11.8 Å². The molecule has 0 aromatic heterocycles. The second kappa shape index (κ2) is 6.99. The summed E-state index contributed by atoms with van der Waals surface area (Å²) in [5, 5.41) is 4.32. The van der Waals surface area contributed by atoms with Crippen molar-refractivity contribution in [3.63, 3.8) is 0 Å². The van der Waals surface area contributed by atoms with Crippen molar-refractivity contribution in [2.75, 3.05) is 25.4 Å². The molecule has 2 aliphatic heterocycles. The molecule has 0 saturated carbocycles. The van der Waals surface area contributed by atoms with Crippen LogP contribution in [0.2, 0.25) is 0 Å². The van der Waals surface area contributed by atoms with E-state index in [0.29, 0.717) is 18.2 Å². The molecule has 3 nitrogen and oxygen atoms in total. The second-order valence-corrected chi connectivity index (χ2v) is 8.88. The molecule has 1 N–H and O–H groups in total. The maximum absolute atomic E-state index is 6.23. The zero-order valence-corrected chi connectivity index (χ0v) is 14.6. The number of nitrogens with zero attached hydrogens (tertiary/aromatic N) is 1. The van der Waals surface area contributed by atoms with Crippen LogP contribution in [-0.4, -0.2) is 59.3 Å². The topological polar surface area (TPSA) is 24.5 Å². The second-order valence-electron chi connectivity index (χ2n) is 7.40. The van der Waals surface area contributed by atoms with Gasteiger partial charge in [0.25, 0.3) is 0 Å². The molecule has 2 saturated heterocycles. The van der Waals surface area contributed by atoms with Crippen LogP contribution in [-0.2, 0) is 4.74 Å². The van der Waals surface area contributed by atoms with Crippen LogP contribution in [0, 0.1) is 0 Å². The Labute approximate surface area is 129 Å². The molecule has 0 amide bonds. The van der Waals surface area contributed by atoms with E-state index >= 15 is 0 Å². The number of hydrogen-bond acceptors (Lipinski definition) is 4. The molecule has 0 radical (unpaired) electrons. The highest BCUT2D eigenvalue weighted by atomic mass is 32.2. The van der Waals surface area contributed by atoms with Crippen molar-refractivity contribution in [3.8, 4) is 0 Å². The molecule has 4 unspecified atom stereocenters. The van der Waals surface area contributed by atoms with Crippen LogP contribution in [0.15, 0.2) is 0 Å². The molecule has 4 atom stereocenters. The Kier molecular flexibility index (Phi) is 5.80. The average Bonchev–Trinajstić information content (AvgIpc) is 2.80. The number of rotatable bonds is 4. The smallest absolute Gasteiger partial charge is 0.0707 e. The van der Waals surface area contributed by atoms with Gasteiger partial charge >= 0.3 is 0 Å². The van der Waals surface area contributed by atoms with Crippen LogP contribution in [0.1, 0.15) is 47.5 Å². The van der Waals surface area contributed by atoms with Crippen LogP contribution in [0.5, 0.6) is 0 Å². The molecule has 118 valence electrons. The van der Waals surface area contributed by atoms with E-state index in [1.807, 2.05) is 0 Å². The molecule has 0 aliphatic carbocycles. The lowest BCUT2D eigenvalue weighted by atomic mass is 10.1. The van der Waals surface area contributed by atoms with E-state index in [0.717, 1.165) is 18.3 Å². The standard InChI is InChI=1S/C16H32N2OS/c1-12-13(2)20-9-8-18(12)11-15-7-6-14(19-15)10-17-16(3,4)5/h12-15,17H,6-11H2,1-5H3. The van der Waals surface area contributed by atoms with Crippen LogP contribution in [0.25, 0.3) is 0 Å². The maximum Gasteiger partial charge on any atom is 0.0707 e. The van der Waals surface area contributed by atoms with Crippen LogP contribution in [0.4, 0.5) is 0 Å². The van der Waals surface area contributed by atoms with Gasteiger partial charge in [0, 0.05) is 42.2 Å². The van der Waals surface area contributed by atoms with E-state index < -0.39 is 0 Å². The molecule has 2 heterocycles. The van der Waals surface area contributed by atoms with Gasteiger partial charge in [-0.1, -0.05) is 6.92 Å². The third-order valence-corrected chi connectivity index (χ3v) is 5.85. The summed E-state index contributed by atoms with van der Waals surface area (Å²) >= 11 is 2.11. The molecule has 2 fully saturated rings. The summed E-state index contributed by atoms with van der Waals surface area (Å²) in [5.74, 6) is 1.27. The fourth-order valence-corrected chi connectivity index (χ4v) is 4.16. The zero-order valence-electron chi connectivity index (χ0n) is 13.8. The molecule has 20 heavy (non-hydrogen) atoms. The number of nitrogens with one attached hydrogen (secondary N) is 1. The van der Waals surface area contributed by atoms with Gasteiger partial charge in [-0.25, -0.2) is 0 Å². The lowest BCUT2D eigenvalue weighted by molar-refractivity contribution is 0.0143. The van der Waals surface area contributed by atoms with Gasteiger partial charge < -0.3 is 10.1 Å². The van der Waals surface area contributed by atoms with E-state index in [1.165, 1.54) is 25.1 Å². The van der Waals surface area contributed by atoms with Crippen molar-refractivity contribution in [2.24, 2.45) is 0 Å². The van der Waals surface area contributed by atoms with Crippen LogP contribution >= 0.6 is 11.8 Å². The van der Waals surface area contributed by atoms with Crippen molar-refractivity contribution >= 4 is 11.8 Å². The van der Waals surface area contributed by atoms with Crippen molar-refractivity contribution in [3.05, 3.63) is 0 Å². The Morgan fingerprint density at radius 2 is 1.90 bits per heavy atom. The summed E-state index contributed by atoms with van der Waals surface area (Å²) in [5.41, 5.74) is 0.190. The predicted octanol–water partition coefficient (Wildman–Crippen LogP) is 2.75. The summed E-state index contributed by atoms with van der Waals surface area (Å²) in [6, 6.07) is 0.684. The van der Waals surface area contributed by atoms with Gasteiger partial charge in [-0.05, 0) is 40.5 Å². The first kappa shape index (κ1) is 16.6. The summed E-state index contributed by atoms with van der Waals surface area (Å²) < 4.78 is 6.23. The highest BCUT2D eigenvalue weighted by Gasteiger charge is 2.31. The van der Waals surface area contributed by atoms with Crippen molar-refractivity contribution in [1.29, 1.82) is 0 Å². The monoisotopic (exact) mass is 300 g/mol. The molecule has 2 rings (SSSR count). The Morgan fingerprint density at radius 1 is 1.20 bits per heavy atom. The van der Waals surface area contributed by atoms with Gasteiger partial charge in [0.05, 0.1) is 12.2 Å². The highest BCUT2D eigenvalue weighted by Crippen LogP contribution is 2.27. The number of ether oxygens (including phenoxy) is 1. The lowest BCUT2D eigenvalue weighted by Crippen LogP contribution is -2.48. The van der Waals surface area contributed by atoms with E-state index in [-0.39, 0.29) is 5.54 Å².